The number of nitrogens with zero attached hydrogens (tertiary/aromatic N) is 1. The number of nitrogens with one attached hydrogen (secondary N) is 1. The largest absolute Gasteiger partial charge is 0.477 e. The number of aromatic carboxylic acids is 1. The molecule has 1 unspecified atom stereocenters. The van der Waals surface area contributed by atoms with Gasteiger partial charge in [0, 0.05) is 12.2 Å². The highest BCUT2D eigenvalue weighted by Crippen LogP contribution is 2.12. The molecule has 1 aliphatic rings. The number of rotatable bonds is 4. The number of aromatic nitrogens is 1. The molecule has 2 N–H and O–H groups in total. The minimum atomic E-state index is -3.08. The maximum atomic E-state index is 11.8. The third-order valence-corrected chi connectivity index (χ3v) is 5.01. The van der Waals surface area contributed by atoms with Crippen LogP contribution in [0, 0.1) is 0 Å². The average molecular weight is 300 g/mol. The van der Waals surface area contributed by atoms with Crippen molar-refractivity contribution in [3.8, 4) is 0 Å². The van der Waals surface area contributed by atoms with Crippen LogP contribution < -0.4 is 5.32 Å². The van der Waals surface area contributed by atoms with Crippen LogP contribution in [0.3, 0.4) is 0 Å². The highest BCUT2D eigenvalue weighted by Gasteiger charge is 2.26. The minimum absolute atomic E-state index is 0.0245. The Balaban J connectivity index is 1.96. The maximum Gasteiger partial charge on any atom is 0.352 e. The standard InChI is InChI=1S/C12H16N2O5S/c15-11(7-14-5-1-4-10(14)12(16)17)13-9-3-2-6-20(18,19)8-9/h1,4-5,9H,2-3,6-8H2,(H,13,15)(H,16,17). The van der Waals surface area contributed by atoms with E-state index in [1.54, 1.807) is 6.07 Å². The van der Waals surface area contributed by atoms with Gasteiger partial charge in [-0.25, -0.2) is 13.2 Å². The van der Waals surface area contributed by atoms with Crippen molar-refractivity contribution in [2.45, 2.75) is 25.4 Å². The van der Waals surface area contributed by atoms with Crippen molar-refractivity contribution < 1.29 is 23.1 Å². The Labute approximate surface area is 116 Å². The fourth-order valence-corrected chi connectivity index (χ4v) is 3.95. The van der Waals surface area contributed by atoms with Crippen LogP contribution in [0.25, 0.3) is 0 Å². The summed E-state index contributed by atoms with van der Waals surface area (Å²) in [7, 11) is -3.08. The number of hydrogen-bond donors (Lipinski definition) is 2. The number of sulfone groups is 1. The van der Waals surface area contributed by atoms with Crippen LogP contribution in [-0.4, -0.2) is 47.5 Å². The van der Waals surface area contributed by atoms with Gasteiger partial charge in [-0.05, 0) is 25.0 Å². The second-order valence-corrected chi connectivity index (χ2v) is 7.08. The molecule has 1 atom stereocenters. The second kappa shape index (κ2) is 5.66. The summed E-state index contributed by atoms with van der Waals surface area (Å²) in [5, 5.41) is 11.6. The number of carbonyl (C=O) groups is 2. The van der Waals surface area contributed by atoms with E-state index in [2.05, 4.69) is 5.32 Å². The molecule has 1 aromatic rings. The van der Waals surface area contributed by atoms with Crippen LogP contribution in [-0.2, 0) is 21.2 Å². The van der Waals surface area contributed by atoms with E-state index in [9.17, 15) is 18.0 Å². The molecule has 1 fully saturated rings. The molecule has 1 saturated heterocycles. The smallest absolute Gasteiger partial charge is 0.352 e. The molecule has 0 saturated carbocycles. The second-order valence-electron chi connectivity index (χ2n) is 4.85. The molecule has 0 spiro atoms. The van der Waals surface area contributed by atoms with Gasteiger partial charge in [0.05, 0.1) is 11.5 Å². The molecule has 1 amide bonds. The summed E-state index contributed by atoms with van der Waals surface area (Å²) in [6, 6.07) is 2.56. The first-order valence-corrected chi connectivity index (χ1v) is 8.08. The number of hydrogen-bond acceptors (Lipinski definition) is 4. The third kappa shape index (κ3) is 3.60. The Morgan fingerprint density at radius 3 is 2.85 bits per heavy atom. The fraction of sp³-hybridized carbons (Fsp3) is 0.500. The van der Waals surface area contributed by atoms with Crippen molar-refractivity contribution in [2.24, 2.45) is 0 Å². The molecule has 20 heavy (non-hydrogen) atoms. The van der Waals surface area contributed by atoms with Gasteiger partial charge in [-0.15, -0.1) is 0 Å². The first-order chi connectivity index (χ1) is 9.37. The van der Waals surface area contributed by atoms with Crippen LogP contribution in [0.1, 0.15) is 23.3 Å². The van der Waals surface area contributed by atoms with Crippen molar-refractivity contribution in [1.82, 2.24) is 9.88 Å². The predicted octanol–water partition coefficient (Wildman–Crippen LogP) is -0.120. The van der Waals surface area contributed by atoms with Gasteiger partial charge in [0.1, 0.15) is 12.2 Å². The lowest BCUT2D eigenvalue weighted by Crippen LogP contribution is -2.44. The summed E-state index contributed by atoms with van der Waals surface area (Å²) in [5.74, 6) is -1.37. The first kappa shape index (κ1) is 14.6. The first-order valence-electron chi connectivity index (χ1n) is 6.25. The lowest BCUT2D eigenvalue weighted by molar-refractivity contribution is -0.122. The van der Waals surface area contributed by atoms with E-state index in [0.717, 1.165) is 0 Å². The van der Waals surface area contributed by atoms with Crippen molar-refractivity contribution in [1.29, 1.82) is 0 Å². The summed E-state index contributed by atoms with van der Waals surface area (Å²) in [4.78, 5) is 22.8. The number of carboxylic acids is 1. The fourth-order valence-electron chi connectivity index (χ4n) is 2.31. The molecule has 1 aromatic heterocycles. The molecule has 2 rings (SSSR count). The average Bonchev–Trinajstić information content (AvgIpc) is 2.75. The van der Waals surface area contributed by atoms with Gasteiger partial charge in [0.25, 0.3) is 0 Å². The van der Waals surface area contributed by atoms with Gasteiger partial charge in [0.2, 0.25) is 5.91 Å². The zero-order valence-electron chi connectivity index (χ0n) is 10.8. The van der Waals surface area contributed by atoms with Crippen LogP contribution in [0.2, 0.25) is 0 Å². The third-order valence-electron chi connectivity index (χ3n) is 3.19. The van der Waals surface area contributed by atoms with E-state index in [-0.39, 0.29) is 35.7 Å². The molecule has 1 aliphatic heterocycles. The Hall–Kier alpha value is -1.83. The summed E-state index contributed by atoms with van der Waals surface area (Å²) < 4.78 is 24.3. The van der Waals surface area contributed by atoms with Crippen molar-refractivity contribution >= 4 is 21.7 Å². The van der Waals surface area contributed by atoms with Gasteiger partial charge in [-0.2, -0.15) is 0 Å². The Bertz CT molecular complexity index is 620. The number of carboxylic acid groups (broad SMARTS) is 1. The summed E-state index contributed by atoms with van der Waals surface area (Å²) in [6.07, 6.45) is 2.67. The lowest BCUT2D eigenvalue weighted by Gasteiger charge is -2.23. The summed E-state index contributed by atoms with van der Waals surface area (Å²) in [6.45, 7) is -0.134. The zero-order chi connectivity index (χ0) is 14.8. The van der Waals surface area contributed by atoms with E-state index >= 15 is 0 Å². The summed E-state index contributed by atoms with van der Waals surface area (Å²) >= 11 is 0. The molecule has 7 nitrogen and oxygen atoms in total. The topological polar surface area (TPSA) is 105 Å². The van der Waals surface area contributed by atoms with Crippen molar-refractivity contribution in [3.63, 3.8) is 0 Å². The molecule has 110 valence electrons. The molecule has 0 aromatic carbocycles. The highest BCUT2D eigenvalue weighted by molar-refractivity contribution is 7.91. The van der Waals surface area contributed by atoms with E-state index in [4.69, 9.17) is 5.11 Å². The van der Waals surface area contributed by atoms with Gasteiger partial charge >= 0.3 is 5.97 Å². The van der Waals surface area contributed by atoms with Crippen LogP contribution in [0.4, 0.5) is 0 Å². The van der Waals surface area contributed by atoms with Crippen molar-refractivity contribution in [2.75, 3.05) is 11.5 Å². The Morgan fingerprint density at radius 2 is 2.20 bits per heavy atom. The van der Waals surface area contributed by atoms with E-state index < -0.39 is 15.8 Å². The van der Waals surface area contributed by atoms with Crippen LogP contribution >= 0.6 is 0 Å². The quantitative estimate of drug-likeness (QED) is 0.806. The van der Waals surface area contributed by atoms with E-state index in [1.165, 1.54) is 16.8 Å². The molecule has 8 heteroatoms. The van der Waals surface area contributed by atoms with Gasteiger partial charge in [0.15, 0.2) is 9.84 Å². The number of carbonyl (C=O) groups excluding carboxylic acids is 1. The number of amides is 1. The van der Waals surface area contributed by atoms with E-state index in [1.807, 2.05) is 0 Å². The molecule has 0 aliphatic carbocycles. The molecular weight excluding hydrogens is 284 g/mol. The molecule has 0 bridgehead atoms. The molecule has 0 radical (unpaired) electrons. The zero-order valence-corrected chi connectivity index (χ0v) is 11.6. The maximum absolute atomic E-state index is 11.8. The van der Waals surface area contributed by atoms with Gasteiger partial charge in [-0.3, -0.25) is 4.79 Å². The summed E-state index contributed by atoms with van der Waals surface area (Å²) in [5.41, 5.74) is 0.0245. The van der Waals surface area contributed by atoms with E-state index in [0.29, 0.717) is 12.8 Å². The normalized spacial score (nSPS) is 21.3. The Morgan fingerprint density at radius 1 is 1.45 bits per heavy atom. The van der Waals surface area contributed by atoms with Crippen LogP contribution in [0.5, 0.6) is 0 Å². The molecular formula is C12H16N2O5S. The lowest BCUT2D eigenvalue weighted by atomic mass is 10.2. The Kier molecular flexibility index (Phi) is 4.12. The van der Waals surface area contributed by atoms with Gasteiger partial charge in [-0.1, -0.05) is 0 Å². The monoisotopic (exact) mass is 300 g/mol. The highest BCUT2D eigenvalue weighted by atomic mass is 32.2. The SMILES string of the molecule is O=C(Cn1cccc1C(=O)O)NC1CCCS(=O)(=O)C1. The van der Waals surface area contributed by atoms with Crippen LogP contribution in [0.15, 0.2) is 18.3 Å². The van der Waals surface area contributed by atoms with Gasteiger partial charge < -0.3 is 15.0 Å². The minimum Gasteiger partial charge on any atom is -0.477 e. The molecule has 2 heterocycles. The van der Waals surface area contributed by atoms with Crippen molar-refractivity contribution in [3.05, 3.63) is 24.0 Å². The predicted molar refractivity (Wildman–Crippen MR) is 71.2 cm³/mol.